The van der Waals surface area contributed by atoms with Crippen molar-refractivity contribution in [1.82, 2.24) is 5.32 Å². The number of benzene rings is 2. The molecule has 5 heteroatoms. The van der Waals surface area contributed by atoms with Crippen molar-refractivity contribution >= 4 is 17.5 Å². The van der Waals surface area contributed by atoms with Gasteiger partial charge in [-0.1, -0.05) is 30.3 Å². The third-order valence-electron chi connectivity index (χ3n) is 4.40. The topological polar surface area (TPSA) is 58.2 Å². The van der Waals surface area contributed by atoms with Crippen LogP contribution >= 0.6 is 0 Å². The van der Waals surface area contributed by atoms with E-state index < -0.39 is 0 Å². The second-order valence-electron chi connectivity index (χ2n) is 6.44. The molecule has 2 unspecified atom stereocenters. The number of anilines is 1. The lowest BCUT2D eigenvalue weighted by atomic mass is 10.1. The molecule has 0 radical (unpaired) electrons. The van der Waals surface area contributed by atoms with Gasteiger partial charge in [0.25, 0.3) is 0 Å². The summed E-state index contributed by atoms with van der Waals surface area (Å²) in [5, 5.41) is 5.64. The van der Waals surface area contributed by atoms with Crippen molar-refractivity contribution < 1.29 is 14.0 Å². The van der Waals surface area contributed by atoms with Crippen molar-refractivity contribution in [2.45, 2.75) is 19.8 Å². The van der Waals surface area contributed by atoms with Gasteiger partial charge in [0.1, 0.15) is 5.82 Å². The summed E-state index contributed by atoms with van der Waals surface area (Å²) in [6.45, 7) is 2.32. The molecule has 2 amide bonds. The standard InChI is InChI=1S/C20H21FN2O2/c1-13-5-4-7-15(11-13)23-20(25)17-12-16(17)19(24)22-10-9-14-6-2-3-8-18(14)21/h2-8,11,16-17H,9-10,12H2,1H3,(H,22,24)(H,23,25). The first-order chi connectivity index (χ1) is 12.0. The maximum Gasteiger partial charge on any atom is 0.228 e. The molecule has 1 saturated carbocycles. The molecule has 0 bridgehead atoms. The number of rotatable bonds is 6. The number of halogens is 1. The van der Waals surface area contributed by atoms with Gasteiger partial charge in [-0.2, -0.15) is 0 Å². The van der Waals surface area contributed by atoms with Gasteiger partial charge in [0, 0.05) is 12.2 Å². The fourth-order valence-corrected chi connectivity index (χ4v) is 2.88. The Bertz CT molecular complexity index is 791. The Labute approximate surface area is 146 Å². The van der Waals surface area contributed by atoms with Crippen molar-refractivity contribution in [3.8, 4) is 0 Å². The predicted molar refractivity (Wildman–Crippen MR) is 94.5 cm³/mol. The molecule has 130 valence electrons. The second-order valence-corrected chi connectivity index (χ2v) is 6.44. The van der Waals surface area contributed by atoms with E-state index in [1.165, 1.54) is 6.07 Å². The molecule has 0 heterocycles. The van der Waals surface area contributed by atoms with Gasteiger partial charge in [-0.15, -0.1) is 0 Å². The third kappa shape index (κ3) is 4.44. The van der Waals surface area contributed by atoms with Gasteiger partial charge in [0.2, 0.25) is 11.8 Å². The Balaban J connectivity index is 1.44. The highest BCUT2D eigenvalue weighted by molar-refractivity contribution is 5.99. The van der Waals surface area contributed by atoms with Crippen molar-refractivity contribution in [2.75, 3.05) is 11.9 Å². The second kappa shape index (κ2) is 7.47. The van der Waals surface area contributed by atoms with Crippen LogP contribution in [0.2, 0.25) is 0 Å². The fourth-order valence-electron chi connectivity index (χ4n) is 2.88. The highest BCUT2D eigenvalue weighted by atomic mass is 19.1. The molecule has 1 aliphatic carbocycles. The van der Waals surface area contributed by atoms with Crippen LogP contribution < -0.4 is 10.6 Å². The molecule has 0 aromatic heterocycles. The van der Waals surface area contributed by atoms with E-state index in [2.05, 4.69) is 10.6 Å². The number of amides is 2. The zero-order valence-electron chi connectivity index (χ0n) is 14.1. The summed E-state index contributed by atoms with van der Waals surface area (Å²) in [5.74, 6) is -1.10. The zero-order chi connectivity index (χ0) is 17.8. The van der Waals surface area contributed by atoms with Crippen LogP contribution in [0.15, 0.2) is 48.5 Å². The molecular weight excluding hydrogens is 319 g/mol. The van der Waals surface area contributed by atoms with Crippen molar-refractivity contribution in [2.24, 2.45) is 11.8 Å². The monoisotopic (exact) mass is 340 g/mol. The first kappa shape index (κ1) is 17.1. The summed E-state index contributed by atoms with van der Waals surface area (Å²) >= 11 is 0. The van der Waals surface area contributed by atoms with Gasteiger partial charge in [-0.05, 0) is 49.1 Å². The van der Waals surface area contributed by atoms with E-state index >= 15 is 0 Å². The Morgan fingerprint density at radius 2 is 1.84 bits per heavy atom. The minimum atomic E-state index is -0.287. The zero-order valence-corrected chi connectivity index (χ0v) is 14.1. The number of aryl methyl sites for hydroxylation is 1. The lowest BCUT2D eigenvalue weighted by Crippen LogP contribution is -2.29. The molecule has 0 spiro atoms. The Morgan fingerprint density at radius 3 is 2.60 bits per heavy atom. The minimum absolute atomic E-state index is 0.125. The summed E-state index contributed by atoms with van der Waals surface area (Å²) in [7, 11) is 0. The van der Waals surface area contributed by atoms with Crippen LogP contribution in [0.5, 0.6) is 0 Å². The first-order valence-corrected chi connectivity index (χ1v) is 8.43. The summed E-state index contributed by atoms with van der Waals surface area (Å²) in [6, 6.07) is 14.1. The maximum absolute atomic E-state index is 13.5. The van der Waals surface area contributed by atoms with Crippen LogP contribution in [0.25, 0.3) is 0 Å². The smallest absolute Gasteiger partial charge is 0.228 e. The molecule has 2 atom stereocenters. The maximum atomic E-state index is 13.5. The molecule has 2 aromatic rings. The highest BCUT2D eigenvalue weighted by Crippen LogP contribution is 2.39. The van der Waals surface area contributed by atoms with Gasteiger partial charge >= 0.3 is 0 Å². The lowest BCUT2D eigenvalue weighted by Gasteiger charge is -2.07. The van der Waals surface area contributed by atoms with Crippen molar-refractivity contribution in [3.05, 3.63) is 65.5 Å². The summed E-state index contributed by atoms with van der Waals surface area (Å²) in [6.07, 6.45) is 0.995. The SMILES string of the molecule is Cc1cccc(NC(=O)C2CC2C(=O)NCCc2ccccc2F)c1. The largest absolute Gasteiger partial charge is 0.356 e. The molecule has 2 aromatic carbocycles. The first-order valence-electron chi connectivity index (χ1n) is 8.43. The van der Waals surface area contributed by atoms with E-state index in [1.54, 1.807) is 18.2 Å². The normalized spacial score (nSPS) is 18.5. The summed E-state index contributed by atoms with van der Waals surface area (Å²) in [5.41, 5.74) is 2.39. The van der Waals surface area contributed by atoms with Gasteiger partial charge in [0.05, 0.1) is 11.8 Å². The number of nitrogens with one attached hydrogen (secondary N) is 2. The van der Waals surface area contributed by atoms with Gasteiger partial charge in [-0.3, -0.25) is 9.59 Å². The van der Waals surface area contributed by atoms with Crippen molar-refractivity contribution in [3.63, 3.8) is 0 Å². The fraction of sp³-hybridized carbons (Fsp3) is 0.300. The average molecular weight is 340 g/mol. The van der Waals surface area contributed by atoms with Crippen LogP contribution in [-0.2, 0) is 16.0 Å². The molecule has 1 aliphatic rings. The molecule has 25 heavy (non-hydrogen) atoms. The minimum Gasteiger partial charge on any atom is -0.356 e. The predicted octanol–water partition coefficient (Wildman–Crippen LogP) is 3.07. The molecule has 3 rings (SSSR count). The molecule has 0 aliphatic heterocycles. The molecule has 0 saturated heterocycles. The van der Waals surface area contributed by atoms with Gasteiger partial charge < -0.3 is 10.6 Å². The van der Waals surface area contributed by atoms with Gasteiger partial charge in [-0.25, -0.2) is 4.39 Å². The summed E-state index contributed by atoms with van der Waals surface area (Å²) < 4.78 is 13.5. The number of hydrogen-bond donors (Lipinski definition) is 2. The van der Waals surface area contributed by atoms with E-state index in [0.717, 1.165) is 11.3 Å². The average Bonchev–Trinajstić information content (AvgIpc) is 3.37. The highest BCUT2D eigenvalue weighted by Gasteiger charge is 2.47. The number of carbonyl (C=O) groups excluding carboxylic acids is 2. The summed E-state index contributed by atoms with van der Waals surface area (Å²) in [4.78, 5) is 24.3. The van der Waals surface area contributed by atoms with Crippen LogP contribution in [0.4, 0.5) is 10.1 Å². The van der Waals surface area contributed by atoms with E-state index in [-0.39, 0.29) is 29.5 Å². The van der Waals surface area contributed by atoms with Gasteiger partial charge in [0.15, 0.2) is 0 Å². The molecule has 2 N–H and O–H groups in total. The lowest BCUT2D eigenvalue weighted by molar-refractivity contribution is -0.125. The Kier molecular flexibility index (Phi) is 5.12. The van der Waals surface area contributed by atoms with E-state index in [1.807, 2.05) is 31.2 Å². The van der Waals surface area contributed by atoms with Crippen molar-refractivity contribution in [1.29, 1.82) is 0 Å². The molecule has 1 fully saturated rings. The third-order valence-corrected chi connectivity index (χ3v) is 4.40. The van der Waals surface area contributed by atoms with E-state index in [9.17, 15) is 14.0 Å². The Hall–Kier alpha value is -2.69. The number of carbonyl (C=O) groups is 2. The van der Waals surface area contributed by atoms with Crippen LogP contribution in [0, 0.1) is 24.6 Å². The van der Waals surface area contributed by atoms with Crippen LogP contribution in [0.1, 0.15) is 17.5 Å². The molecule has 4 nitrogen and oxygen atoms in total. The molecular formula is C20H21FN2O2. The van der Waals surface area contributed by atoms with E-state index in [0.29, 0.717) is 24.9 Å². The van der Waals surface area contributed by atoms with Crippen LogP contribution in [-0.4, -0.2) is 18.4 Å². The van der Waals surface area contributed by atoms with E-state index in [4.69, 9.17) is 0 Å². The Morgan fingerprint density at radius 1 is 1.08 bits per heavy atom. The number of hydrogen-bond acceptors (Lipinski definition) is 2. The quantitative estimate of drug-likeness (QED) is 0.849. The van der Waals surface area contributed by atoms with Crippen LogP contribution in [0.3, 0.4) is 0 Å².